The fourth-order valence-electron chi connectivity index (χ4n) is 1.85. The third-order valence-corrected chi connectivity index (χ3v) is 2.90. The molecule has 0 aliphatic heterocycles. The van der Waals surface area contributed by atoms with Gasteiger partial charge in [0.15, 0.2) is 0 Å². The maximum atomic E-state index is 13.2. The van der Waals surface area contributed by atoms with Crippen LogP contribution in [0.4, 0.5) is 10.1 Å². The van der Waals surface area contributed by atoms with Gasteiger partial charge in [-0.1, -0.05) is 11.6 Å². The molecular formula is C15H15ClFNO2. The molecular weight excluding hydrogens is 281 g/mol. The highest BCUT2D eigenvalue weighted by molar-refractivity contribution is 6.30. The highest BCUT2D eigenvalue weighted by Crippen LogP contribution is 2.28. The first kappa shape index (κ1) is 14.5. The Morgan fingerprint density at radius 3 is 2.75 bits per heavy atom. The van der Waals surface area contributed by atoms with Crippen LogP contribution < -0.4 is 10.1 Å². The number of phenols is 1. The number of aromatic hydroxyl groups is 1. The van der Waals surface area contributed by atoms with E-state index in [1.807, 2.05) is 6.92 Å². The van der Waals surface area contributed by atoms with Crippen molar-refractivity contribution in [2.24, 2.45) is 0 Å². The Bertz CT molecular complexity index is 584. The molecule has 0 radical (unpaired) electrons. The van der Waals surface area contributed by atoms with E-state index in [9.17, 15) is 9.50 Å². The number of ether oxygens (including phenoxy) is 1. The summed E-state index contributed by atoms with van der Waals surface area (Å²) < 4.78 is 18.7. The minimum Gasteiger partial charge on any atom is -0.508 e. The molecule has 0 fully saturated rings. The second-order valence-corrected chi connectivity index (χ2v) is 4.68. The average Bonchev–Trinajstić information content (AvgIpc) is 2.38. The first-order chi connectivity index (χ1) is 9.58. The van der Waals surface area contributed by atoms with Crippen LogP contribution in [0.1, 0.15) is 12.5 Å². The summed E-state index contributed by atoms with van der Waals surface area (Å²) in [6.45, 7) is 2.78. The second-order valence-electron chi connectivity index (χ2n) is 4.24. The van der Waals surface area contributed by atoms with Gasteiger partial charge in [-0.05, 0) is 42.8 Å². The van der Waals surface area contributed by atoms with Crippen LogP contribution in [0.25, 0.3) is 0 Å². The molecule has 0 aliphatic rings. The molecule has 2 N–H and O–H groups in total. The normalized spacial score (nSPS) is 10.3. The molecule has 0 amide bonds. The second kappa shape index (κ2) is 6.48. The third-order valence-electron chi connectivity index (χ3n) is 2.67. The van der Waals surface area contributed by atoms with E-state index in [1.54, 1.807) is 18.2 Å². The predicted molar refractivity (Wildman–Crippen MR) is 78.0 cm³/mol. The molecule has 20 heavy (non-hydrogen) atoms. The Kier molecular flexibility index (Phi) is 4.69. The molecule has 0 atom stereocenters. The minimum absolute atomic E-state index is 0.0991. The zero-order valence-electron chi connectivity index (χ0n) is 11.0. The van der Waals surface area contributed by atoms with Crippen molar-refractivity contribution in [2.75, 3.05) is 11.9 Å². The topological polar surface area (TPSA) is 41.5 Å². The smallest absolute Gasteiger partial charge is 0.142 e. The van der Waals surface area contributed by atoms with Gasteiger partial charge >= 0.3 is 0 Å². The van der Waals surface area contributed by atoms with Crippen LogP contribution in [0, 0.1) is 5.82 Å². The summed E-state index contributed by atoms with van der Waals surface area (Å²) >= 11 is 5.95. The molecule has 0 spiro atoms. The van der Waals surface area contributed by atoms with Crippen molar-refractivity contribution < 1.29 is 14.2 Å². The third kappa shape index (κ3) is 3.78. The molecule has 0 bridgehead atoms. The molecule has 0 unspecified atom stereocenters. The molecule has 5 heteroatoms. The molecule has 0 saturated carbocycles. The lowest BCUT2D eigenvalue weighted by atomic mass is 10.2. The van der Waals surface area contributed by atoms with E-state index < -0.39 is 5.82 Å². The molecule has 0 aliphatic carbocycles. The van der Waals surface area contributed by atoms with E-state index in [0.717, 1.165) is 11.8 Å². The van der Waals surface area contributed by atoms with Gasteiger partial charge in [-0.25, -0.2) is 4.39 Å². The monoisotopic (exact) mass is 295 g/mol. The van der Waals surface area contributed by atoms with E-state index in [-0.39, 0.29) is 5.75 Å². The van der Waals surface area contributed by atoms with Crippen molar-refractivity contribution in [1.82, 2.24) is 0 Å². The number of hydrogen-bond donors (Lipinski definition) is 2. The zero-order valence-corrected chi connectivity index (χ0v) is 11.7. The molecule has 0 heterocycles. The molecule has 2 rings (SSSR count). The maximum Gasteiger partial charge on any atom is 0.142 e. The van der Waals surface area contributed by atoms with Crippen LogP contribution in [0.3, 0.4) is 0 Å². The van der Waals surface area contributed by atoms with E-state index in [4.69, 9.17) is 16.3 Å². The first-order valence-corrected chi connectivity index (χ1v) is 6.61. The SMILES string of the molecule is CCOc1ccc(Cl)cc1NCc1cc(O)cc(F)c1. The number of rotatable bonds is 5. The fraction of sp³-hybridized carbons (Fsp3) is 0.200. The van der Waals surface area contributed by atoms with Gasteiger partial charge in [0.05, 0.1) is 12.3 Å². The Balaban J connectivity index is 2.15. The van der Waals surface area contributed by atoms with Crippen LogP contribution in [0.5, 0.6) is 11.5 Å². The largest absolute Gasteiger partial charge is 0.508 e. The quantitative estimate of drug-likeness (QED) is 0.869. The summed E-state index contributed by atoms with van der Waals surface area (Å²) in [5.74, 6) is 0.105. The van der Waals surface area contributed by atoms with Crippen LogP contribution in [-0.4, -0.2) is 11.7 Å². The number of anilines is 1. The number of hydrogen-bond acceptors (Lipinski definition) is 3. The predicted octanol–water partition coefficient (Wildman–Crippen LogP) is 4.20. The van der Waals surface area contributed by atoms with E-state index in [1.165, 1.54) is 12.1 Å². The lowest BCUT2D eigenvalue weighted by Crippen LogP contribution is -2.03. The van der Waals surface area contributed by atoms with Gasteiger partial charge < -0.3 is 15.2 Å². The molecule has 0 saturated heterocycles. The van der Waals surface area contributed by atoms with Crippen molar-refractivity contribution in [2.45, 2.75) is 13.5 Å². The van der Waals surface area contributed by atoms with Crippen LogP contribution in [0.15, 0.2) is 36.4 Å². The summed E-state index contributed by atoms with van der Waals surface area (Å²) in [5.41, 5.74) is 1.35. The zero-order chi connectivity index (χ0) is 14.5. The summed E-state index contributed by atoms with van der Waals surface area (Å²) in [5, 5.41) is 13.1. The molecule has 2 aromatic carbocycles. The standard InChI is InChI=1S/C15H15ClFNO2/c1-2-20-15-4-3-11(16)7-14(15)18-9-10-5-12(17)8-13(19)6-10/h3-8,18-19H,2,9H2,1H3. The maximum absolute atomic E-state index is 13.2. The Labute approximate surface area is 122 Å². The minimum atomic E-state index is -0.474. The molecule has 0 aromatic heterocycles. The van der Waals surface area contributed by atoms with E-state index in [2.05, 4.69) is 5.32 Å². The summed E-state index contributed by atoms with van der Waals surface area (Å²) in [6, 6.07) is 9.18. The summed E-state index contributed by atoms with van der Waals surface area (Å²) in [4.78, 5) is 0. The number of halogens is 2. The Morgan fingerprint density at radius 1 is 1.25 bits per heavy atom. The highest BCUT2D eigenvalue weighted by Gasteiger charge is 2.05. The molecule has 106 valence electrons. The lowest BCUT2D eigenvalue weighted by molar-refractivity contribution is 0.341. The van der Waals surface area contributed by atoms with Crippen LogP contribution in [0.2, 0.25) is 5.02 Å². The Morgan fingerprint density at radius 2 is 2.05 bits per heavy atom. The van der Waals surface area contributed by atoms with Gasteiger partial charge in [0.1, 0.15) is 17.3 Å². The van der Waals surface area contributed by atoms with Crippen molar-refractivity contribution in [3.63, 3.8) is 0 Å². The van der Waals surface area contributed by atoms with E-state index in [0.29, 0.717) is 29.5 Å². The van der Waals surface area contributed by atoms with Gasteiger partial charge in [0, 0.05) is 17.6 Å². The first-order valence-electron chi connectivity index (χ1n) is 6.23. The van der Waals surface area contributed by atoms with E-state index >= 15 is 0 Å². The van der Waals surface area contributed by atoms with Gasteiger partial charge in [-0.15, -0.1) is 0 Å². The highest BCUT2D eigenvalue weighted by atomic mass is 35.5. The van der Waals surface area contributed by atoms with Crippen molar-refractivity contribution in [1.29, 1.82) is 0 Å². The lowest BCUT2D eigenvalue weighted by Gasteiger charge is -2.13. The molecule has 3 nitrogen and oxygen atoms in total. The number of nitrogens with one attached hydrogen (secondary N) is 1. The van der Waals surface area contributed by atoms with Crippen molar-refractivity contribution in [3.8, 4) is 11.5 Å². The van der Waals surface area contributed by atoms with Gasteiger partial charge in [0.2, 0.25) is 0 Å². The van der Waals surface area contributed by atoms with Gasteiger partial charge in [-0.2, -0.15) is 0 Å². The van der Waals surface area contributed by atoms with Gasteiger partial charge in [-0.3, -0.25) is 0 Å². The summed E-state index contributed by atoms with van der Waals surface area (Å²) in [6.07, 6.45) is 0. The van der Waals surface area contributed by atoms with Crippen molar-refractivity contribution >= 4 is 17.3 Å². The van der Waals surface area contributed by atoms with Crippen LogP contribution in [-0.2, 0) is 6.54 Å². The van der Waals surface area contributed by atoms with Gasteiger partial charge in [0.25, 0.3) is 0 Å². The summed E-state index contributed by atoms with van der Waals surface area (Å²) in [7, 11) is 0. The van der Waals surface area contributed by atoms with Crippen LogP contribution >= 0.6 is 11.6 Å². The van der Waals surface area contributed by atoms with Crippen molar-refractivity contribution in [3.05, 3.63) is 52.8 Å². The number of phenolic OH excluding ortho intramolecular Hbond substituents is 1. The molecule has 2 aromatic rings. The average molecular weight is 296 g/mol. The fourth-order valence-corrected chi connectivity index (χ4v) is 2.03. The Hall–Kier alpha value is -1.94. The number of benzene rings is 2.